The molecule has 1 fully saturated rings. The summed E-state index contributed by atoms with van der Waals surface area (Å²) in [7, 11) is -3.79. The minimum atomic E-state index is -3.79. The van der Waals surface area contributed by atoms with Gasteiger partial charge < -0.3 is 24.4 Å². The summed E-state index contributed by atoms with van der Waals surface area (Å²) in [6.07, 6.45) is -0.0391. The van der Waals surface area contributed by atoms with Crippen LogP contribution in [-0.2, 0) is 34.6 Å². The van der Waals surface area contributed by atoms with Gasteiger partial charge in [0.1, 0.15) is 12.2 Å². The SMILES string of the molecule is CCOC(=O)C1=CC2(CCC1S(=O)(=O)Cc1cccc(Cl)c1)O[C@@H](CO)[C@H](CO)O2. The zero-order valence-electron chi connectivity index (χ0n) is 16.5. The number of carbonyl (C=O) groups is 1. The molecule has 30 heavy (non-hydrogen) atoms. The van der Waals surface area contributed by atoms with E-state index in [0.29, 0.717) is 10.6 Å². The molecular formula is C20H25ClO8S. The van der Waals surface area contributed by atoms with E-state index in [2.05, 4.69) is 0 Å². The third-order valence-corrected chi connectivity index (χ3v) is 7.48. The number of aliphatic hydroxyl groups is 2. The van der Waals surface area contributed by atoms with Gasteiger partial charge in [0.25, 0.3) is 0 Å². The van der Waals surface area contributed by atoms with Crippen LogP contribution in [0.2, 0.25) is 5.02 Å². The van der Waals surface area contributed by atoms with Gasteiger partial charge in [0, 0.05) is 11.4 Å². The predicted molar refractivity (Wildman–Crippen MR) is 108 cm³/mol. The molecule has 8 nitrogen and oxygen atoms in total. The monoisotopic (exact) mass is 460 g/mol. The number of sulfone groups is 1. The van der Waals surface area contributed by atoms with Gasteiger partial charge in [0.15, 0.2) is 15.6 Å². The number of benzene rings is 1. The molecule has 0 radical (unpaired) electrons. The first kappa shape index (κ1) is 23.2. The average molecular weight is 461 g/mol. The molecule has 1 unspecified atom stereocenters. The van der Waals surface area contributed by atoms with E-state index in [1.165, 1.54) is 6.08 Å². The number of hydrogen-bond acceptors (Lipinski definition) is 8. The second-order valence-electron chi connectivity index (χ2n) is 7.27. The van der Waals surface area contributed by atoms with E-state index in [0.717, 1.165) is 0 Å². The van der Waals surface area contributed by atoms with Gasteiger partial charge in [0.05, 0.1) is 36.4 Å². The summed E-state index contributed by atoms with van der Waals surface area (Å²) < 4.78 is 43.0. The molecule has 166 valence electrons. The normalized spacial score (nSPS) is 25.9. The molecule has 0 amide bonds. The molecule has 2 aliphatic rings. The highest BCUT2D eigenvalue weighted by Crippen LogP contribution is 2.41. The van der Waals surface area contributed by atoms with Crippen molar-refractivity contribution in [1.29, 1.82) is 0 Å². The molecule has 3 atom stereocenters. The van der Waals surface area contributed by atoms with Crippen molar-refractivity contribution < 1.29 is 37.6 Å². The molecule has 3 rings (SSSR count). The Bertz CT molecular complexity index is 901. The van der Waals surface area contributed by atoms with Crippen molar-refractivity contribution in [1.82, 2.24) is 0 Å². The number of ether oxygens (including phenoxy) is 3. The largest absolute Gasteiger partial charge is 0.463 e. The second-order valence-corrected chi connectivity index (χ2v) is 9.89. The van der Waals surface area contributed by atoms with Crippen LogP contribution in [0.25, 0.3) is 0 Å². The van der Waals surface area contributed by atoms with Crippen molar-refractivity contribution in [3.8, 4) is 0 Å². The molecule has 1 aromatic carbocycles. The zero-order valence-corrected chi connectivity index (χ0v) is 18.1. The summed E-state index contributed by atoms with van der Waals surface area (Å²) in [5.74, 6) is -2.45. The van der Waals surface area contributed by atoms with Crippen molar-refractivity contribution >= 4 is 27.4 Å². The third kappa shape index (κ3) is 4.87. The first-order valence-corrected chi connectivity index (χ1v) is 11.8. The fourth-order valence-corrected chi connectivity index (χ4v) is 5.90. The Kier molecular flexibility index (Phi) is 7.21. The van der Waals surface area contributed by atoms with Crippen LogP contribution in [0.4, 0.5) is 0 Å². The molecule has 1 spiro atoms. The minimum Gasteiger partial charge on any atom is -0.463 e. The first-order chi connectivity index (χ1) is 14.2. The molecule has 10 heteroatoms. The lowest BCUT2D eigenvalue weighted by Gasteiger charge is -2.33. The number of halogens is 1. The number of rotatable bonds is 7. The lowest BCUT2D eigenvalue weighted by Crippen LogP contribution is -2.41. The molecular weight excluding hydrogens is 436 g/mol. The van der Waals surface area contributed by atoms with Crippen molar-refractivity contribution in [2.45, 2.75) is 48.8 Å². The zero-order chi connectivity index (χ0) is 21.9. The van der Waals surface area contributed by atoms with Crippen molar-refractivity contribution in [3.63, 3.8) is 0 Å². The maximum absolute atomic E-state index is 13.2. The van der Waals surface area contributed by atoms with Gasteiger partial charge in [-0.3, -0.25) is 0 Å². The standard InChI is InChI=1S/C20H25ClO8S/c1-2-27-19(24)15-9-20(28-16(10-22)17(11-23)29-20)7-6-18(15)30(25,26)12-13-4-3-5-14(21)8-13/h3-5,8-9,16-18,22-23H,2,6-7,10-12H2,1H3/t16-,17-,18?/m0/s1. The van der Waals surface area contributed by atoms with Gasteiger partial charge in [0.2, 0.25) is 0 Å². The van der Waals surface area contributed by atoms with Gasteiger partial charge in [-0.2, -0.15) is 0 Å². The van der Waals surface area contributed by atoms with E-state index >= 15 is 0 Å². The van der Waals surface area contributed by atoms with Crippen LogP contribution < -0.4 is 0 Å². The highest BCUT2D eigenvalue weighted by Gasteiger charge is 2.51. The van der Waals surface area contributed by atoms with Gasteiger partial charge in [-0.25, -0.2) is 13.2 Å². The molecule has 1 heterocycles. The van der Waals surface area contributed by atoms with Crippen molar-refractivity contribution in [2.75, 3.05) is 19.8 Å². The molecule has 1 saturated heterocycles. The lowest BCUT2D eigenvalue weighted by molar-refractivity contribution is -0.154. The number of hydrogen-bond donors (Lipinski definition) is 2. The highest BCUT2D eigenvalue weighted by molar-refractivity contribution is 7.91. The van der Waals surface area contributed by atoms with Gasteiger partial charge in [-0.1, -0.05) is 23.7 Å². The van der Waals surface area contributed by atoms with Crippen molar-refractivity contribution in [2.24, 2.45) is 0 Å². The predicted octanol–water partition coefficient (Wildman–Crippen LogP) is 1.37. The summed E-state index contributed by atoms with van der Waals surface area (Å²) in [6.45, 7) is 0.932. The van der Waals surface area contributed by atoms with E-state index < -0.39 is 39.1 Å². The van der Waals surface area contributed by atoms with Gasteiger partial charge in [-0.15, -0.1) is 0 Å². The molecule has 1 aromatic rings. The topological polar surface area (TPSA) is 119 Å². The quantitative estimate of drug-likeness (QED) is 0.585. The fraction of sp³-hybridized carbons (Fsp3) is 0.550. The second kappa shape index (κ2) is 9.33. The maximum Gasteiger partial charge on any atom is 0.335 e. The average Bonchev–Trinajstić information content (AvgIpc) is 3.04. The van der Waals surface area contributed by atoms with Gasteiger partial charge in [-0.05, 0) is 37.1 Å². The third-order valence-electron chi connectivity index (χ3n) is 5.16. The highest BCUT2D eigenvalue weighted by atomic mass is 35.5. The Balaban J connectivity index is 1.94. The Morgan fingerprint density at radius 2 is 1.93 bits per heavy atom. The van der Waals surface area contributed by atoms with Crippen LogP contribution in [0.1, 0.15) is 25.3 Å². The summed E-state index contributed by atoms with van der Waals surface area (Å²) in [5, 5.41) is 18.3. The molecule has 2 N–H and O–H groups in total. The van der Waals surface area contributed by atoms with Crippen molar-refractivity contribution in [3.05, 3.63) is 46.5 Å². The van der Waals surface area contributed by atoms with Crippen LogP contribution in [0.15, 0.2) is 35.9 Å². The molecule has 0 aromatic heterocycles. The van der Waals surface area contributed by atoms with E-state index in [-0.39, 0.29) is 44.0 Å². The maximum atomic E-state index is 13.2. The van der Waals surface area contributed by atoms with E-state index in [4.69, 9.17) is 25.8 Å². The van der Waals surface area contributed by atoms with E-state index in [9.17, 15) is 23.4 Å². The van der Waals surface area contributed by atoms with E-state index in [1.54, 1.807) is 31.2 Å². The lowest BCUT2D eigenvalue weighted by atomic mass is 9.94. The van der Waals surface area contributed by atoms with Crippen LogP contribution >= 0.6 is 11.6 Å². The van der Waals surface area contributed by atoms with Crippen LogP contribution in [0.3, 0.4) is 0 Å². The van der Waals surface area contributed by atoms with Gasteiger partial charge >= 0.3 is 5.97 Å². The first-order valence-electron chi connectivity index (χ1n) is 9.67. The fourth-order valence-electron chi connectivity index (χ4n) is 3.81. The Hall–Kier alpha value is -1.49. The molecule has 1 aliphatic carbocycles. The summed E-state index contributed by atoms with van der Waals surface area (Å²) in [4.78, 5) is 12.6. The minimum absolute atomic E-state index is 0.0594. The molecule has 0 saturated carbocycles. The Morgan fingerprint density at radius 3 is 2.50 bits per heavy atom. The molecule has 0 bridgehead atoms. The Labute approximate surface area is 180 Å². The number of aliphatic hydroxyl groups excluding tert-OH is 2. The summed E-state index contributed by atoms with van der Waals surface area (Å²) in [6, 6.07) is 6.53. The number of carbonyl (C=O) groups excluding carboxylic acids is 1. The Morgan fingerprint density at radius 1 is 1.27 bits per heavy atom. The summed E-state index contributed by atoms with van der Waals surface area (Å²) in [5.41, 5.74) is 0.445. The smallest absolute Gasteiger partial charge is 0.335 e. The van der Waals surface area contributed by atoms with Crippen LogP contribution in [-0.4, -0.2) is 67.7 Å². The van der Waals surface area contributed by atoms with Crippen LogP contribution in [0, 0.1) is 0 Å². The number of esters is 1. The van der Waals surface area contributed by atoms with Crippen LogP contribution in [0.5, 0.6) is 0 Å². The van der Waals surface area contributed by atoms with E-state index in [1.807, 2.05) is 0 Å². The molecule has 1 aliphatic heterocycles. The summed E-state index contributed by atoms with van der Waals surface area (Å²) >= 11 is 5.96.